The van der Waals surface area contributed by atoms with Crippen LogP contribution in [0.1, 0.15) is 12.6 Å². The molecule has 4 heterocycles. The Hall–Kier alpha value is -3.29. The normalized spacial score (nSPS) is 14.2. The topological polar surface area (TPSA) is 80.2 Å². The van der Waals surface area contributed by atoms with Crippen molar-refractivity contribution in [2.75, 3.05) is 43.1 Å². The molecule has 0 unspecified atom stereocenters. The molecule has 0 aliphatic carbocycles. The van der Waals surface area contributed by atoms with E-state index in [-0.39, 0.29) is 0 Å². The number of piperazine rings is 1. The van der Waals surface area contributed by atoms with Gasteiger partial charge in [-0.25, -0.2) is 9.97 Å². The van der Waals surface area contributed by atoms with E-state index in [1.54, 1.807) is 25.7 Å². The quantitative estimate of drug-likeness (QED) is 0.670. The van der Waals surface area contributed by atoms with Gasteiger partial charge in [0.1, 0.15) is 11.5 Å². The summed E-state index contributed by atoms with van der Waals surface area (Å²) in [4.78, 5) is 27.0. The van der Waals surface area contributed by atoms with Crippen molar-refractivity contribution in [3.8, 4) is 17.4 Å². The number of rotatable bonds is 5. The number of methoxy groups -OCH3 is 1. The summed E-state index contributed by atoms with van der Waals surface area (Å²) < 4.78 is 5.18. The van der Waals surface area contributed by atoms with Crippen LogP contribution in [-0.2, 0) is 6.42 Å². The van der Waals surface area contributed by atoms with Crippen LogP contribution in [0.15, 0.2) is 42.9 Å². The van der Waals surface area contributed by atoms with Crippen LogP contribution in [-0.4, -0.2) is 58.2 Å². The molecule has 0 spiro atoms. The lowest BCUT2D eigenvalue weighted by molar-refractivity contribution is 0.395. The van der Waals surface area contributed by atoms with Crippen LogP contribution in [0.5, 0.6) is 5.88 Å². The van der Waals surface area contributed by atoms with E-state index in [0.717, 1.165) is 55.6 Å². The Morgan fingerprint density at radius 1 is 0.964 bits per heavy atom. The number of anilines is 2. The van der Waals surface area contributed by atoms with Crippen LogP contribution in [0.2, 0.25) is 0 Å². The highest BCUT2D eigenvalue weighted by Gasteiger charge is 2.21. The monoisotopic (exact) mass is 377 g/mol. The molecule has 0 radical (unpaired) electrons. The molecule has 1 aliphatic rings. The Bertz CT molecular complexity index is 927. The molecule has 1 saturated heterocycles. The van der Waals surface area contributed by atoms with E-state index in [4.69, 9.17) is 9.72 Å². The minimum absolute atomic E-state index is 0.531. The third-order valence-corrected chi connectivity index (χ3v) is 4.76. The van der Waals surface area contributed by atoms with E-state index in [1.165, 1.54) is 0 Å². The second-order valence-corrected chi connectivity index (χ2v) is 6.50. The molecule has 3 aromatic heterocycles. The van der Waals surface area contributed by atoms with Gasteiger partial charge in [0.15, 0.2) is 11.6 Å². The summed E-state index contributed by atoms with van der Waals surface area (Å²) in [6, 6.07) is 7.87. The van der Waals surface area contributed by atoms with Gasteiger partial charge >= 0.3 is 0 Å². The maximum Gasteiger partial charge on any atom is 0.233 e. The molecule has 0 atom stereocenters. The number of aromatic nitrogens is 5. The van der Waals surface area contributed by atoms with Gasteiger partial charge in [-0.05, 0) is 18.6 Å². The maximum absolute atomic E-state index is 5.18. The molecule has 0 bridgehead atoms. The first-order valence-electron chi connectivity index (χ1n) is 9.42. The number of nitrogens with zero attached hydrogens (tertiary/aromatic N) is 7. The van der Waals surface area contributed by atoms with Crippen LogP contribution in [0.3, 0.4) is 0 Å². The zero-order valence-corrected chi connectivity index (χ0v) is 16.1. The van der Waals surface area contributed by atoms with E-state index in [9.17, 15) is 0 Å². The second-order valence-electron chi connectivity index (χ2n) is 6.50. The molecular formula is C20H23N7O. The van der Waals surface area contributed by atoms with E-state index >= 15 is 0 Å². The van der Waals surface area contributed by atoms with Crippen molar-refractivity contribution in [1.29, 1.82) is 0 Å². The highest BCUT2D eigenvalue weighted by Crippen LogP contribution is 2.22. The third-order valence-electron chi connectivity index (χ3n) is 4.76. The lowest BCUT2D eigenvalue weighted by Crippen LogP contribution is -2.47. The molecular weight excluding hydrogens is 354 g/mol. The molecule has 8 heteroatoms. The summed E-state index contributed by atoms with van der Waals surface area (Å²) in [6.07, 6.45) is 6.02. The molecule has 0 aromatic carbocycles. The fourth-order valence-electron chi connectivity index (χ4n) is 3.19. The largest absolute Gasteiger partial charge is 0.480 e. The lowest BCUT2D eigenvalue weighted by atomic mass is 10.2. The number of aryl methyl sites for hydroxylation is 1. The van der Waals surface area contributed by atoms with Gasteiger partial charge in [-0.3, -0.25) is 9.97 Å². The summed E-state index contributed by atoms with van der Waals surface area (Å²) in [5.41, 5.74) is 1.82. The fourth-order valence-corrected chi connectivity index (χ4v) is 3.19. The molecule has 0 amide bonds. The Balaban J connectivity index is 1.52. The second kappa shape index (κ2) is 8.16. The summed E-state index contributed by atoms with van der Waals surface area (Å²) in [7, 11) is 1.60. The van der Waals surface area contributed by atoms with Crippen molar-refractivity contribution >= 4 is 11.6 Å². The van der Waals surface area contributed by atoms with Gasteiger partial charge in [0.25, 0.3) is 0 Å². The average molecular weight is 377 g/mol. The lowest BCUT2D eigenvalue weighted by Gasteiger charge is -2.36. The van der Waals surface area contributed by atoms with Crippen LogP contribution in [0.25, 0.3) is 11.5 Å². The number of ether oxygens (including phenoxy) is 1. The molecule has 0 N–H and O–H groups in total. The molecule has 144 valence electrons. The van der Waals surface area contributed by atoms with E-state index in [1.807, 2.05) is 18.2 Å². The van der Waals surface area contributed by atoms with Crippen molar-refractivity contribution in [1.82, 2.24) is 24.9 Å². The predicted octanol–water partition coefficient (Wildman–Crippen LogP) is 2.23. The summed E-state index contributed by atoms with van der Waals surface area (Å²) >= 11 is 0. The Morgan fingerprint density at radius 3 is 2.43 bits per heavy atom. The van der Waals surface area contributed by atoms with Crippen molar-refractivity contribution in [2.24, 2.45) is 0 Å². The zero-order chi connectivity index (χ0) is 19.3. The van der Waals surface area contributed by atoms with Crippen LogP contribution in [0, 0.1) is 0 Å². The first-order chi connectivity index (χ1) is 13.8. The number of hydrogen-bond acceptors (Lipinski definition) is 8. The average Bonchev–Trinajstić information content (AvgIpc) is 2.79. The van der Waals surface area contributed by atoms with Crippen molar-refractivity contribution in [3.05, 3.63) is 48.5 Å². The first kappa shape index (κ1) is 18.1. The molecule has 4 rings (SSSR count). The molecule has 28 heavy (non-hydrogen) atoms. The van der Waals surface area contributed by atoms with E-state index in [0.29, 0.717) is 11.7 Å². The van der Waals surface area contributed by atoms with Gasteiger partial charge in [-0.15, -0.1) is 0 Å². The van der Waals surface area contributed by atoms with Gasteiger partial charge in [0.2, 0.25) is 5.88 Å². The number of hydrogen-bond donors (Lipinski definition) is 0. The minimum atomic E-state index is 0.531. The molecule has 1 fully saturated rings. The maximum atomic E-state index is 5.18. The van der Waals surface area contributed by atoms with Crippen molar-refractivity contribution in [3.63, 3.8) is 0 Å². The highest BCUT2D eigenvalue weighted by atomic mass is 16.5. The minimum Gasteiger partial charge on any atom is -0.480 e. The van der Waals surface area contributed by atoms with Crippen molar-refractivity contribution in [2.45, 2.75) is 13.3 Å². The SMILES string of the molecule is CCc1cc(N2CCN(c3cncc(OC)n3)CC2)nc(-c2ccccn2)n1. The van der Waals surface area contributed by atoms with Gasteiger partial charge in [-0.2, -0.15) is 4.98 Å². The van der Waals surface area contributed by atoms with Crippen LogP contribution >= 0.6 is 0 Å². The summed E-state index contributed by atoms with van der Waals surface area (Å²) in [6.45, 7) is 5.48. The zero-order valence-electron chi connectivity index (χ0n) is 16.1. The predicted molar refractivity (Wildman–Crippen MR) is 108 cm³/mol. The Morgan fingerprint density at radius 2 is 1.75 bits per heavy atom. The van der Waals surface area contributed by atoms with E-state index < -0.39 is 0 Å². The van der Waals surface area contributed by atoms with Gasteiger partial charge < -0.3 is 14.5 Å². The standard InChI is InChI=1S/C20H23N7O/c1-3-15-12-17(25-20(23-15)16-6-4-5-7-22-16)26-8-10-27(11-9-26)18-13-21-14-19(24-18)28-2/h4-7,12-14H,3,8-11H2,1-2H3. The number of pyridine rings is 1. The highest BCUT2D eigenvalue weighted by molar-refractivity contribution is 5.54. The third kappa shape index (κ3) is 3.85. The molecule has 0 saturated carbocycles. The Labute approximate surface area is 164 Å². The summed E-state index contributed by atoms with van der Waals surface area (Å²) in [5, 5.41) is 0. The van der Waals surface area contributed by atoms with Gasteiger partial charge in [0, 0.05) is 44.1 Å². The van der Waals surface area contributed by atoms with Crippen LogP contribution in [0.4, 0.5) is 11.6 Å². The summed E-state index contributed by atoms with van der Waals surface area (Å²) in [5.74, 6) is 2.99. The smallest absolute Gasteiger partial charge is 0.233 e. The fraction of sp³-hybridized carbons (Fsp3) is 0.350. The van der Waals surface area contributed by atoms with Crippen molar-refractivity contribution < 1.29 is 4.74 Å². The first-order valence-corrected chi connectivity index (χ1v) is 9.42. The molecule has 1 aliphatic heterocycles. The van der Waals surface area contributed by atoms with Crippen LogP contribution < -0.4 is 14.5 Å². The van der Waals surface area contributed by atoms with E-state index in [2.05, 4.69) is 42.7 Å². The van der Waals surface area contributed by atoms with Gasteiger partial charge in [0.05, 0.1) is 19.5 Å². The molecule has 3 aromatic rings. The van der Waals surface area contributed by atoms with Gasteiger partial charge in [-0.1, -0.05) is 13.0 Å². The molecule has 8 nitrogen and oxygen atoms in total. The Kier molecular flexibility index (Phi) is 5.27.